The van der Waals surface area contributed by atoms with E-state index in [1.54, 1.807) is 6.07 Å². The molecule has 4 rings (SSSR count). The lowest BCUT2D eigenvalue weighted by Crippen LogP contribution is -2.21. The quantitative estimate of drug-likeness (QED) is 0.607. The minimum Gasteiger partial charge on any atom is -0.465 e. The van der Waals surface area contributed by atoms with Gasteiger partial charge >= 0.3 is 5.97 Å². The van der Waals surface area contributed by atoms with Gasteiger partial charge in [0.05, 0.1) is 18.2 Å². The van der Waals surface area contributed by atoms with Crippen LogP contribution in [0.2, 0.25) is 0 Å². The first-order valence-corrected chi connectivity index (χ1v) is 9.84. The van der Waals surface area contributed by atoms with Crippen LogP contribution in [-0.2, 0) is 17.7 Å². The summed E-state index contributed by atoms with van der Waals surface area (Å²) in [5.41, 5.74) is 5.57. The predicted molar refractivity (Wildman–Crippen MR) is 110 cm³/mol. The molecule has 0 radical (unpaired) electrons. The zero-order chi connectivity index (χ0) is 19.8. The Balaban J connectivity index is 1.98. The van der Waals surface area contributed by atoms with E-state index in [0.29, 0.717) is 30.0 Å². The second kappa shape index (κ2) is 7.27. The average Bonchev–Trinajstić information content (AvgIpc) is 3.01. The maximum atomic E-state index is 13.1. The normalized spacial score (nSPS) is 16.2. The summed E-state index contributed by atoms with van der Waals surface area (Å²) in [5.74, 6) is 0.0890. The first-order chi connectivity index (χ1) is 13.5. The molecule has 1 aromatic heterocycles. The zero-order valence-corrected chi connectivity index (χ0v) is 16.6. The number of nitrogens with zero attached hydrogens (tertiary/aromatic N) is 1. The fourth-order valence-corrected chi connectivity index (χ4v) is 4.42. The van der Waals surface area contributed by atoms with Gasteiger partial charge in [0, 0.05) is 29.6 Å². The van der Waals surface area contributed by atoms with Crippen molar-refractivity contribution in [1.29, 1.82) is 0 Å². The van der Waals surface area contributed by atoms with Crippen molar-refractivity contribution in [3.8, 4) is 0 Å². The minimum atomic E-state index is -0.397. The molecule has 1 atom stereocenters. The molecular weight excluding hydrogens is 350 g/mol. The van der Waals surface area contributed by atoms with E-state index in [2.05, 4.69) is 42.7 Å². The summed E-state index contributed by atoms with van der Waals surface area (Å²) in [6, 6.07) is 14.0. The van der Waals surface area contributed by atoms with Crippen LogP contribution in [0.1, 0.15) is 57.3 Å². The third kappa shape index (κ3) is 3.03. The van der Waals surface area contributed by atoms with Crippen molar-refractivity contribution < 1.29 is 14.3 Å². The molecule has 4 nitrogen and oxygen atoms in total. The lowest BCUT2D eigenvalue weighted by atomic mass is 9.84. The summed E-state index contributed by atoms with van der Waals surface area (Å²) in [4.78, 5) is 25.5. The molecule has 0 amide bonds. The van der Waals surface area contributed by atoms with Crippen molar-refractivity contribution in [2.24, 2.45) is 5.92 Å². The number of fused-ring (bicyclic) bond motifs is 3. The van der Waals surface area contributed by atoms with Gasteiger partial charge in [0.1, 0.15) is 0 Å². The van der Waals surface area contributed by atoms with Gasteiger partial charge in [-0.2, -0.15) is 0 Å². The molecule has 28 heavy (non-hydrogen) atoms. The van der Waals surface area contributed by atoms with Gasteiger partial charge in [-0.05, 0) is 37.0 Å². The first kappa shape index (κ1) is 18.5. The number of aryl methyl sites for hydroxylation is 1. The summed E-state index contributed by atoms with van der Waals surface area (Å²) in [5, 5.41) is 0.747. The SMILES string of the molecule is CCC1CC(=O)c2c(n(Cc3cccc(C)c3)c3cccc(C(=O)OC)c23)C1. The number of ether oxygens (including phenoxy) is 1. The summed E-state index contributed by atoms with van der Waals surface area (Å²) in [7, 11) is 1.38. The summed E-state index contributed by atoms with van der Waals surface area (Å²) in [6.45, 7) is 4.90. The maximum Gasteiger partial charge on any atom is 0.338 e. The van der Waals surface area contributed by atoms with Crippen molar-refractivity contribution >= 4 is 22.7 Å². The van der Waals surface area contributed by atoms with E-state index in [-0.39, 0.29) is 5.78 Å². The fraction of sp³-hybridized carbons (Fsp3) is 0.333. The second-order valence-electron chi connectivity index (χ2n) is 7.69. The van der Waals surface area contributed by atoms with Crippen LogP contribution in [0.15, 0.2) is 42.5 Å². The van der Waals surface area contributed by atoms with E-state index in [9.17, 15) is 9.59 Å². The van der Waals surface area contributed by atoms with Crippen LogP contribution in [0.5, 0.6) is 0 Å². The lowest BCUT2D eigenvalue weighted by molar-refractivity contribution is 0.0603. The monoisotopic (exact) mass is 375 g/mol. The third-order valence-corrected chi connectivity index (χ3v) is 5.84. The first-order valence-electron chi connectivity index (χ1n) is 9.84. The topological polar surface area (TPSA) is 48.3 Å². The molecule has 0 N–H and O–H groups in total. The number of benzene rings is 2. The van der Waals surface area contributed by atoms with Crippen molar-refractivity contribution in [3.05, 3.63) is 70.4 Å². The molecule has 4 heteroatoms. The van der Waals surface area contributed by atoms with Crippen LogP contribution in [-0.4, -0.2) is 23.4 Å². The maximum absolute atomic E-state index is 13.1. The van der Waals surface area contributed by atoms with Crippen LogP contribution in [0.4, 0.5) is 0 Å². The van der Waals surface area contributed by atoms with Crippen LogP contribution in [0.25, 0.3) is 10.9 Å². The molecule has 1 aliphatic carbocycles. The van der Waals surface area contributed by atoms with E-state index in [1.165, 1.54) is 18.2 Å². The molecule has 1 unspecified atom stereocenters. The van der Waals surface area contributed by atoms with E-state index in [1.807, 2.05) is 12.1 Å². The number of rotatable bonds is 4. The van der Waals surface area contributed by atoms with Gasteiger partial charge in [0.15, 0.2) is 5.78 Å². The predicted octanol–water partition coefficient (Wildman–Crippen LogP) is 4.94. The molecule has 2 aromatic carbocycles. The Morgan fingerprint density at radius 2 is 1.96 bits per heavy atom. The molecule has 0 bridgehead atoms. The lowest BCUT2D eigenvalue weighted by Gasteiger charge is -2.22. The van der Waals surface area contributed by atoms with E-state index >= 15 is 0 Å². The highest BCUT2D eigenvalue weighted by Crippen LogP contribution is 2.37. The van der Waals surface area contributed by atoms with Crippen LogP contribution in [0.3, 0.4) is 0 Å². The molecule has 0 aliphatic heterocycles. The number of aromatic nitrogens is 1. The molecule has 0 spiro atoms. The Kier molecular flexibility index (Phi) is 4.80. The summed E-state index contributed by atoms with van der Waals surface area (Å²) < 4.78 is 7.22. The largest absolute Gasteiger partial charge is 0.465 e. The van der Waals surface area contributed by atoms with Crippen molar-refractivity contribution in [1.82, 2.24) is 4.57 Å². The smallest absolute Gasteiger partial charge is 0.338 e. The van der Waals surface area contributed by atoms with Gasteiger partial charge in [-0.3, -0.25) is 4.79 Å². The van der Waals surface area contributed by atoms with Crippen LogP contribution >= 0.6 is 0 Å². The third-order valence-electron chi connectivity index (χ3n) is 5.84. The Labute approximate surface area is 165 Å². The van der Waals surface area contributed by atoms with Gasteiger partial charge in [0.25, 0.3) is 0 Å². The van der Waals surface area contributed by atoms with Crippen molar-refractivity contribution in [2.45, 2.75) is 39.7 Å². The van der Waals surface area contributed by atoms with Crippen molar-refractivity contribution in [2.75, 3.05) is 7.11 Å². The number of ketones is 1. The summed E-state index contributed by atoms with van der Waals surface area (Å²) in [6.07, 6.45) is 2.38. The molecule has 0 fully saturated rings. The van der Waals surface area contributed by atoms with Gasteiger partial charge in [-0.25, -0.2) is 4.79 Å². The number of carbonyl (C=O) groups excluding carboxylic acids is 2. The minimum absolute atomic E-state index is 0.137. The van der Waals surface area contributed by atoms with Gasteiger partial charge in [0.2, 0.25) is 0 Å². The Morgan fingerprint density at radius 1 is 1.18 bits per heavy atom. The molecule has 1 aliphatic rings. The fourth-order valence-electron chi connectivity index (χ4n) is 4.42. The standard InChI is InChI=1S/C24H25NO3/c1-4-16-12-20-23(21(26)13-16)22-18(24(27)28-3)9-6-10-19(22)25(20)14-17-8-5-7-15(2)11-17/h5-11,16H,4,12-14H2,1-3H3. The van der Waals surface area contributed by atoms with Crippen LogP contribution < -0.4 is 0 Å². The Hall–Kier alpha value is -2.88. The van der Waals surface area contributed by atoms with Gasteiger partial charge in [-0.1, -0.05) is 49.2 Å². The molecule has 0 saturated carbocycles. The number of Topliss-reactive ketones (excluding diaryl/α,β-unsaturated/α-hetero) is 1. The zero-order valence-electron chi connectivity index (χ0n) is 16.6. The molecule has 3 aromatic rings. The molecule has 0 saturated heterocycles. The average molecular weight is 375 g/mol. The Bertz CT molecular complexity index is 1080. The molecule has 1 heterocycles. The summed E-state index contributed by atoms with van der Waals surface area (Å²) >= 11 is 0. The van der Waals surface area contributed by atoms with Gasteiger partial charge in [-0.15, -0.1) is 0 Å². The van der Waals surface area contributed by atoms with Crippen LogP contribution in [0, 0.1) is 12.8 Å². The number of esters is 1. The van der Waals surface area contributed by atoms with Gasteiger partial charge < -0.3 is 9.30 Å². The number of methoxy groups -OCH3 is 1. The highest BCUT2D eigenvalue weighted by molar-refractivity contribution is 6.16. The second-order valence-corrected chi connectivity index (χ2v) is 7.69. The van der Waals surface area contributed by atoms with E-state index < -0.39 is 5.97 Å². The molecule has 144 valence electrons. The number of hydrogen-bond donors (Lipinski definition) is 0. The molecular formula is C24H25NO3. The van der Waals surface area contributed by atoms with E-state index in [0.717, 1.165) is 29.4 Å². The number of hydrogen-bond acceptors (Lipinski definition) is 3. The highest BCUT2D eigenvalue weighted by atomic mass is 16.5. The number of carbonyl (C=O) groups is 2. The van der Waals surface area contributed by atoms with E-state index in [4.69, 9.17) is 4.74 Å². The highest BCUT2D eigenvalue weighted by Gasteiger charge is 2.32. The van der Waals surface area contributed by atoms with Crippen molar-refractivity contribution in [3.63, 3.8) is 0 Å². The Morgan fingerprint density at radius 3 is 2.68 bits per heavy atom.